The Bertz CT molecular complexity index is 1510. The summed E-state index contributed by atoms with van der Waals surface area (Å²) in [5.41, 5.74) is 9.04. The maximum atomic E-state index is 14.1. The second-order valence-corrected chi connectivity index (χ2v) is 12.1. The summed E-state index contributed by atoms with van der Waals surface area (Å²) in [6.45, 7) is 19.4. The van der Waals surface area contributed by atoms with E-state index in [1.807, 2.05) is 46.5 Å². The Morgan fingerprint density at radius 2 is 1.10 bits per heavy atom. The van der Waals surface area contributed by atoms with Crippen LogP contribution in [0, 0.1) is 12.3 Å². The number of carbonyl (C=O) groups is 1. The first-order valence-electron chi connectivity index (χ1n) is 14.5. The van der Waals surface area contributed by atoms with Gasteiger partial charge in [0.1, 0.15) is 5.69 Å². The second-order valence-electron chi connectivity index (χ2n) is 12.1. The molecule has 0 atom stereocenters. The van der Waals surface area contributed by atoms with Crippen LogP contribution in [0.2, 0.25) is 0 Å². The SMILES string of the molecule is Cc1ccc(NC(=O)c2cn(-c3c(C(C)C)cccc3C(C)C)c(=N)n2-c2c(C(C)C)cccc2C(C)C)cc1. The number of benzene rings is 3. The van der Waals surface area contributed by atoms with Crippen molar-refractivity contribution in [1.82, 2.24) is 9.13 Å². The van der Waals surface area contributed by atoms with Crippen molar-refractivity contribution < 1.29 is 4.79 Å². The summed E-state index contributed by atoms with van der Waals surface area (Å²) in [7, 11) is 0. The Morgan fingerprint density at radius 3 is 1.52 bits per heavy atom. The maximum Gasteiger partial charge on any atom is 0.274 e. The van der Waals surface area contributed by atoms with Crippen LogP contribution >= 0.6 is 0 Å². The largest absolute Gasteiger partial charge is 0.321 e. The molecule has 210 valence electrons. The molecule has 0 spiro atoms. The molecule has 0 bridgehead atoms. The normalized spacial score (nSPS) is 11.7. The molecule has 5 heteroatoms. The fourth-order valence-corrected chi connectivity index (χ4v) is 5.41. The summed E-state index contributed by atoms with van der Waals surface area (Å²) < 4.78 is 3.80. The molecule has 3 aromatic carbocycles. The maximum absolute atomic E-state index is 14.1. The average Bonchev–Trinajstić information content (AvgIpc) is 3.25. The van der Waals surface area contributed by atoms with E-state index in [-0.39, 0.29) is 35.2 Å². The number of amides is 1. The molecular weight excluding hydrogens is 492 g/mol. The van der Waals surface area contributed by atoms with Crippen molar-refractivity contribution in [3.05, 3.63) is 106 Å². The highest BCUT2D eigenvalue weighted by Gasteiger charge is 2.26. The topological polar surface area (TPSA) is 62.8 Å². The molecule has 5 nitrogen and oxygen atoms in total. The third kappa shape index (κ3) is 5.56. The molecule has 0 radical (unpaired) electrons. The molecule has 0 aliphatic heterocycles. The smallest absolute Gasteiger partial charge is 0.274 e. The molecular formula is C35H44N4O. The number of hydrogen-bond donors (Lipinski definition) is 2. The number of carbonyl (C=O) groups excluding carboxylic acids is 1. The highest BCUT2D eigenvalue weighted by atomic mass is 16.2. The zero-order valence-electron chi connectivity index (χ0n) is 25.5. The van der Waals surface area contributed by atoms with Gasteiger partial charge in [0.05, 0.1) is 11.4 Å². The monoisotopic (exact) mass is 536 g/mol. The van der Waals surface area contributed by atoms with E-state index in [0.29, 0.717) is 5.69 Å². The summed E-state index contributed by atoms with van der Waals surface area (Å²) in [6.07, 6.45) is 1.86. The number of para-hydroxylation sites is 2. The first-order chi connectivity index (χ1) is 18.9. The van der Waals surface area contributed by atoms with Crippen LogP contribution in [0.15, 0.2) is 66.9 Å². The summed E-state index contributed by atoms with van der Waals surface area (Å²) >= 11 is 0. The number of aromatic nitrogens is 2. The van der Waals surface area contributed by atoms with Crippen LogP contribution in [-0.2, 0) is 0 Å². The molecule has 1 heterocycles. The van der Waals surface area contributed by atoms with Crippen molar-refractivity contribution in [1.29, 1.82) is 5.41 Å². The predicted molar refractivity (Wildman–Crippen MR) is 166 cm³/mol. The molecule has 0 fully saturated rings. The second kappa shape index (κ2) is 11.7. The molecule has 4 rings (SSSR count). The fourth-order valence-electron chi connectivity index (χ4n) is 5.41. The third-order valence-corrected chi connectivity index (χ3v) is 7.62. The summed E-state index contributed by atoms with van der Waals surface area (Å²) in [6, 6.07) is 20.5. The van der Waals surface area contributed by atoms with Gasteiger partial charge >= 0.3 is 0 Å². The lowest BCUT2D eigenvalue weighted by Crippen LogP contribution is -2.28. The Labute approximate surface area is 239 Å². The van der Waals surface area contributed by atoms with Crippen molar-refractivity contribution >= 4 is 11.6 Å². The molecule has 0 unspecified atom stereocenters. The molecule has 0 saturated heterocycles. The lowest BCUT2D eigenvalue weighted by atomic mass is 9.92. The van der Waals surface area contributed by atoms with Crippen molar-refractivity contribution in [3.8, 4) is 11.4 Å². The van der Waals surface area contributed by atoms with Gasteiger partial charge in [-0.3, -0.25) is 19.3 Å². The van der Waals surface area contributed by atoms with E-state index >= 15 is 0 Å². The predicted octanol–water partition coefficient (Wildman–Crippen LogP) is 8.80. The van der Waals surface area contributed by atoms with Gasteiger partial charge in [0.15, 0.2) is 0 Å². The molecule has 0 saturated carbocycles. The molecule has 0 aliphatic rings. The van der Waals surface area contributed by atoms with Crippen molar-refractivity contribution in [3.63, 3.8) is 0 Å². The van der Waals surface area contributed by atoms with Crippen molar-refractivity contribution in [2.45, 2.75) is 86.0 Å². The number of imidazole rings is 1. The van der Waals surface area contributed by atoms with E-state index in [2.05, 4.69) is 97.1 Å². The first-order valence-corrected chi connectivity index (χ1v) is 14.5. The minimum atomic E-state index is -0.238. The van der Waals surface area contributed by atoms with Gasteiger partial charge in [0, 0.05) is 11.9 Å². The number of rotatable bonds is 8. The van der Waals surface area contributed by atoms with Gasteiger partial charge in [-0.05, 0) is 65.0 Å². The van der Waals surface area contributed by atoms with Gasteiger partial charge in [-0.1, -0.05) is 109 Å². The van der Waals surface area contributed by atoms with Gasteiger partial charge in [0.2, 0.25) is 5.62 Å². The highest BCUT2D eigenvalue weighted by molar-refractivity contribution is 6.03. The molecule has 1 amide bonds. The van der Waals surface area contributed by atoms with E-state index in [9.17, 15) is 10.2 Å². The van der Waals surface area contributed by atoms with Crippen LogP contribution in [-0.4, -0.2) is 15.0 Å². The minimum absolute atomic E-state index is 0.214. The van der Waals surface area contributed by atoms with E-state index in [4.69, 9.17) is 0 Å². The highest BCUT2D eigenvalue weighted by Crippen LogP contribution is 2.34. The molecule has 1 aromatic heterocycles. The number of nitrogens with zero attached hydrogens (tertiary/aromatic N) is 2. The van der Waals surface area contributed by atoms with Crippen LogP contribution in [0.25, 0.3) is 11.4 Å². The Morgan fingerprint density at radius 1 is 0.675 bits per heavy atom. The van der Waals surface area contributed by atoms with Crippen LogP contribution < -0.4 is 10.9 Å². The number of anilines is 1. The fraction of sp³-hybridized carbons (Fsp3) is 0.371. The first kappa shape index (κ1) is 29.1. The van der Waals surface area contributed by atoms with Crippen LogP contribution in [0.3, 0.4) is 0 Å². The van der Waals surface area contributed by atoms with E-state index < -0.39 is 0 Å². The standard InChI is InChI=1S/C35H44N4O/c1-21(2)27-12-10-13-28(22(3)4)32(27)38-20-31(34(40)37-26-18-16-25(9)17-19-26)39(35(38)36)33-29(23(5)6)14-11-15-30(33)24(7)8/h10-24,36H,1-9H3,(H,37,40). The van der Waals surface area contributed by atoms with E-state index in [0.717, 1.165) is 44.9 Å². The minimum Gasteiger partial charge on any atom is -0.321 e. The van der Waals surface area contributed by atoms with Crippen LogP contribution in [0.1, 0.15) is 117 Å². The van der Waals surface area contributed by atoms with E-state index in [1.54, 1.807) is 0 Å². The Hall–Kier alpha value is -3.86. The van der Waals surface area contributed by atoms with Gasteiger partial charge in [-0.2, -0.15) is 0 Å². The Kier molecular flexibility index (Phi) is 8.53. The summed E-state index contributed by atoms with van der Waals surface area (Å²) in [4.78, 5) is 14.1. The van der Waals surface area contributed by atoms with Crippen LogP contribution in [0.5, 0.6) is 0 Å². The number of hydrogen-bond acceptors (Lipinski definition) is 2. The van der Waals surface area contributed by atoms with Crippen molar-refractivity contribution in [2.24, 2.45) is 0 Å². The lowest BCUT2D eigenvalue weighted by molar-refractivity contribution is 0.102. The lowest BCUT2D eigenvalue weighted by Gasteiger charge is -2.22. The van der Waals surface area contributed by atoms with Crippen LogP contribution in [0.4, 0.5) is 5.69 Å². The number of nitrogens with one attached hydrogen (secondary N) is 2. The molecule has 2 N–H and O–H groups in total. The van der Waals surface area contributed by atoms with Gasteiger partial charge in [-0.15, -0.1) is 0 Å². The zero-order chi connectivity index (χ0) is 29.3. The van der Waals surface area contributed by atoms with Crippen molar-refractivity contribution in [2.75, 3.05) is 5.32 Å². The third-order valence-electron chi connectivity index (χ3n) is 7.62. The van der Waals surface area contributed by atoms with E-state index in [1.165, 1.54) is 0 Å². The Balaban J connectivity index is 2.09. The molecule has 40 heavy (non-hydrogen) atoms. The molecule has 4 aromatic rings. The van der Waals surface area contributed by atoms with Gasteiger partial charge < -0.3 is 5.32 Å². The molecule has 0 aliphatic carbocycles. The van der Waals surface area contributed by atoms with Gasteiger partial charge in [0.25, 0.3) is 5.91 Å². The average molecular weight is 537 g/mol. The van der Waals surface area contributed by atoms with Gasteiger partial charge in [-0.25, -0.2) is 0 Å². The summed E-state index contributed by atoms with van der Waals surface area (Å²) in [5, 5.41) is 12.7. The quantitative estimate of drug-likeness (QED) is 0.232. The summed E-state index contributed by atoms with van der Waals surface area (Å²) in [5.74, 6) is 0.695. The zero-order valence-corrected chi connectivity index (χ0v) is 25.5. The number of aryl methyl sites for hydroxylation is 1.